The van der Waals surface area contributed by atoms with E-state index in [-0.39, 0.29) is 12.5 Å². The molecule has 21 heavy (non-hydrogen) atoms. The number of carbonyl (C=O) groups is 2. The van der Waals surface area contributed by atoms with Crippen LogP contribution >= 0.6 is 15.9 Å². The van der Waals surface area contributed by atoms with Gasteiger partial charge in [-0.1, -0.05) is 40.5 Å². The van der Waals surface area contributed by atoms with Gasteiger partial charge >= 0.3 is 12.0 Å². The predicted octanol–water partition coefficient (Wildman–Crippen LogP) is 2.94. The summed E-state index contributed by atoms with van der Waals surface area (Å²) < 4.78 is 1.05. The summed E-state index contributed by atoms with van der Waals surface area (Å²) >= 11 is 3.47. The Bertz CT molecular complexity index is 466. The van der Waals surface area contributed by atoms with Gasteiger partial charge in [0.2, 0.25) is 0 Å². The molecule has 1 aromatic rings. The Morgan fingerprint density at radius 1 is 1.05 bits per heavy atom. The van der Waals surface area contributed by atoms with Crippen molar-refractivity contribution in [3.8, 4) is 0 Å². The molecule has 1 rings (SSSR count). The van der Waals surface area contributed by atoms with Crippen LogP contribution in [0.2, 0.25) is 0 Å². The second kappa shape index (κ2) is 10.2. The SMILES string of the molecule is O=C(O)CCCCCNC(=O)NCCc1ccccc1Br. The van der Waals surface area contributed by atoms with Crippen LogP contribution in [0, 0.1) is 0 Å². The monoisotopic (exact) mass is 356 g/mol. The smallest absolute Gasteiger partial charge is 0.314 e. The van der Waals surface area contributed by atoms with E-state index >= 15 is 0 Å². The molecule has 0 unspecified atom stereocenters. The maximum Gasteiger partial charge on any atom is 0.314 e. The van der Waals surface area contributed by atoms with E-state index in [1.54, 1.807) is 0 Å². The quantitative estimate of drug-likeness (QED) is 0.595. The van der Waals surface area contributed by atoms with Gasteiger partial charge in [-0.05, 0) is 30.9 Å². The van der Waals surface area contributed by atoms with Gasteiger partial charge in [0.25, 0.3) is 0 Å². The normalized spacial score (nSPS) is 10.1. The molecular formula is C15H21BrN2O3. The van der Waals surface area contributed by atoms with Crippen LogP contribution in [-0.2, 0) is 11.2 Å². The van der Waals surface area contributed by atoms with Gasteiger partial charge in [0.05, 0.1) is 0 Å². The third-order valence-electron chi connectivity index (χ3n) is 2.99. The zero-order valence-electron chi connectivity index (χ0n) is 11.9. The Labute approximate surface area is 133 Å². The van der Waals surface area contributed by atoms with E-state index in [0.29, 0.717) is 19.5 Å². The summed E-state index contributed by atoms with van der Waals surface area (Å²) in [5, 5.41) is 14.1. The number of hydrogen-bond acceptors (Lipinski definition) is 2. The van der Waals surface area contributed by atoms with Crippen molar-refractivity contribution < 1.29 is 14.7 Å². The Morgan fingerprint density at radius 3 is 2.48 bits per heavy atom. The van der Waals surface area contributed by atoms with Crippen LogP contribution in [0.3, 0.4) is 0 Å². The van der Waals surface area contributed by atoms with Crippen molar-refractivity contribution in [2.24, 2.45) is 0 Å². The minimum absolute atomic E-state index is 0.180. The van der Waals surface area contributed by atoms with Crippen LogP contribution in [0.4, 0.5) is 4.79 Å². The molecule has 0 radical (unpaired) electrons. The summed E-state index contributed by atoms with van der Waals surface area (Å²) in [7, 11) is 0. The Morgan fingerprint density at radius 2 is 1.76 bits per heavy atom. The first-order chi connectivity index (χ1) is 10.1. The Balaban J connectivity index is 2.04. The number of benzene rings is 1. The molecular weight excluding hydrogens is 336 g/mol. The van der Waals surface area contributed by atoms with Gasteiger partial charge in [0.1, 0.15) is 0 Å². The van der Waals surface area contributed by atoms with E-state index in [4.69, 9.17) is 5.11 Å². The lowest BCUT2D eigenvalue weighted by atomic mass is 10.1. The molecule has 0 aliphatic rings. The van der Waals surface area contributed by atoms with Gasteiger partial charge in [-0.25, -0.2) is 4.79 Å². The Kier molecular flexibility index (Phi) is 8.50. The van der Waals surface area contributed by atoms with Gasteiger partial charge in [-0.15, -0.1) is 0 Å². The molecule has 0 saturated carbocycles. The standard InChI is InChI=1S/C15H21BrN2O3/c16-13-7-4-3-6-12(13)9-11-18-15(21)17-10-5-1-2-8-14(19)20/h3-4,6-7H,1-2,5,8-11H2,(H,19,20)(H2,17,18,21). The Hall–Kier alpha value is -1.56. The number of carbonyl (C=O) groups excluding carboxylic acids is 1. The highest BCUT2D eigenvalue weighted by molar-refractivity contribution is 9.10. The van der Waals surface area contributed by atoms with Crippen molar-refractivity contribution in [2.75, 3.05) is 13.1 Å². The molecule has 6 heteroatoms. The number of nitrogens with one attached hydrogen (secondary N) is 2. The molecule has 0 spiro atoms. The first kappa shape index (κ1) is 17.5. The topological polar surface area (TPSA) is 78.4 Å². The highest BCUT2D eigenvalue weighted by Crippen LogP contribution is 2.15. The zero-order valence-corrected chi connectivity index (χ0v) is 13.5. The third-order valence-corrected chi connectivity index (χ3v) is 3.76. The van der Waals surface area contributed by atoms with Crippen LogP contribution in [0.15, 0.2) is 28.7 Å². The second-order valence-corrected chi connectivity index (χ2v) is 5.58. The van der Waals surface area contributed by atoms with Gasteiger partial charge < -0.3 is 15.7 Å². The number of rotatable bonds is 9. The van der Waals surface area contributed by atoms with Crippen molar-refractivity contribution >= 4 is 27.9 Å². The summed E-state index contributed by atoms with van der Waals surface area (Å²) in [6, 6.07) is 7.74. The number of halogens is 1. The number of amides is 2. The molecule has 5 nitrogen and oxygen atoms in total. The van der Waals surface area contributed by atoms with Crippen LogP contribution in [0.5, 0.6) is 0 Å². The molecule has 1 aromatic carbocycles. The fraction of sp³-hybridized carbons (Fsp3) is 0.467. The van der Waals surface area contributed by atoms with Crippen molar-refractivity contribution in [1.82, 2.24) is 10.6 Å². The molecule has 0 bridgehead atoms. The second-order valence-electron chi connectivity index (χ2n) is 4.73. The van der Waals surface area contributed by atoms with Gasteiger partial charge in [0, 0.05) is 24.0 Å². The van der Waals surface area contributed by atoms with Crippen molar-refractivity contribution in [1.29, 1.82) is 0 Å². The van der Waals surface area contributed by atoms with Crippen molar-refractivity contribution in [3.05, 3.63) is 34.3 Å². The maximum atomic E-state index is 11.5. The van der Waals surface area contributed by atoms with Gasteiger partial charge in [-0.2, -0.15) is 0 Å². The number of carboxylic acid groups (broad SMARTS) is 1. The van der Waals surface area contributed by atoms with Gasteiger partial charge in [-0.3, -0.25) is 4.79 Å². The van der Waals surface area contributed by atoms with E-state index in [0.717, 1.165) is 29.3 Å². The van der Waals surface area contributed by atoms with Crippen molar-refractivity contribution in [2.45, 2.75) is 32.1 Å². The molecule has 0 heterocycles. The number of hydrogen-bond donors (Lipinski definition) is 3. The summed E-state index contributed by atoms with van der Waals surface area (Å²) in [5.74, 6) is -0.771. The lowest BCUT2D eigenvalue weighted by Crippen LogP contribution is -2.37. The molecule has 3 N–H and O–H groups in total. The number of unbranched alkanes of at least 4 members (excludes halogenated alkanes) is 2. The van der Waals surface area contributed by atoms with E-state index in [1.165, 1.54) is 0 Å². The summed E-state index contributed by atoms with van der Waals surface area (Å²) in [6.07, 6.45) is 3.22. The first-order valence-corrected chi connectivity index (χ1v) is 7.86. The van der Waals surface area contributed by atoms with E-state index in [9.17, 15) is 9.59 Å². The number of urea groups is 1. The van der Waals surface area contributed by atoms with Crippen LogP contribution in [0.1, 0.15) is 31.2 Å². The van der Waals surface area contributed by atoms with E-state index in [1.807, 2.05) is 24.3 Å². The predicted molar refractivity (Wildman–Crippen MR) is 85.4 cm³/mol. The number of carboxylic acids is 1. The zero-order chi connectivity index (χ0) is 15.5. The molecule has 0 aliphatic carbocycles. The van der Waals surface area contributed by atoms with Gasteiger partial charge in [0.15, 0.2) is 0 Å². The first-order valence-electron chi connectivity index (χ1n) is 7.06. The molecule has 116 valence electrons. The third kappa shape index (κ3) is 8.34. The maximum absolute atomic E-state index is 11.5. The van der Waals surface area contributed by atoms with Crippen LogP contribution in [-0.4, -0.2) is 30.2 Å². The molecule has 0 fully saturated rings. The lowest BCUT2D eigenvalue weighted by Gasteiger charge is -2.08. The average Bonchev–Trinajstić information content (AvgIpc) is 2.44. The summed E-state index contributed by atoms with van der Waals surface area (Å²) in [6.45, 7) is 1.15. The fourth-order valence-electron chi connectivity index (χ4n) is 1.85. The average molecular weight is 357 g/mol. The molecule has 0 atom stereocenters. The molecule has 0 aromatic heterocycles. The summed E-state index contributed by atoms with van der Waals surface area (Å²) in [5.41, 5.74) is 1.16. The van der Waals surface area contributed by atoms with E-state index in [2.05, 4.69) is 26.6 Å². The molecule has 0 aliphatic heterocycles. The molecule has 0 saturated heterocycles. The fourth-order valence-corrected chi connectivity index (χ4v) is 2.34. The minimum Gasteiger partial charge on any atom is -0.481 e. The van der Waals surface area contributed by atoms with Crippen LogP contribution < -0.4 is 10.6 Å². The van der Waals surface area contributed by atoms with Crippen molar-refractivity contribution in [3.63, 3.8) is 0 Å². The lowest BCUT2D eigenvalue weighted by molar-refractivity contribution is -0.137. The minimum atomic E-state index is -0.771. The largest absolute Gasteiger partial charge is 0.481 e. The van der Waals surface area contributed by atoms with Crippen LogP contribution in [0.25, 0.3) is 0 Å². The highest BCUT2D eigenvalue weighted by atomic mass is 79.9. The van der Waals surface area contributed by atoms with E-state index < -0.39 is 5.97 Å². The molecule has 2 amide bonds. The highest BCUT2D eigenvalue weighted by Gasteiger charge is 2.02. The number of aliphatic carboxylic acids is 1. The summed E-state index contributed by atoms with van der Waals surface area (Å²) in [4.78, 5) is 21.8.